The highest BCUT2D eigenvalue weighted by atomic mass is 32.2. The molecule has 0 bridgehead atoms. The van der Waals surface area contributed by atoms with Crippen LogP contribution in [-0.2, 0) is 28.7 Å². The molecule has 41 heavy (non-hydrogen) atoms. The van der Waals surface area contributed by atoms with E-state index in [2.05, 4.69) is 0 Å². The molecule has 14 heteroatoms. The summed E-state index contributed by atoms with van der Waals surface area (Å²) in [6.45, 7) is 3.55. The van der Waals surface area contributed by atoms with E-state index in [4.69, 9.17) is 0 Å². The molecule has 1 heterocycles. The average Bonchev–Trinajstić information content (AvgIpc) is 2.80. The Bertz CT molecular complexity index is 1350. The Kier molecular flexibility index (Phi) is 9.10. The number of carbonyl (C=O) groups excluding carboxylic acids is 1. The standard InChI is InChI=1S/C27H31F7N2O4S/c1-16-9-20(28)5-6-22(16)23-13-21(41(39,40)15-25(2,3)38)7-8-36(23)24(37)35(4)14-17-10-18(26(29,30)31)12-19(11-17)27(32,33)34/h5-6,9-12,21,23,38H,7-8,13-15H2,1-4H3/t21-,23+/m0/s1. The second-order valence-corrected chi connectivity index (χ2v) is 13.3. The van der Waals surface area contributed by atoms with E-state index in [1.54, 1.807) is 6.92 Å². The Balaban J connectivity index is 1.96. The van der Waals surface area contributed by atoms with Crippen molar-refractivity contribution in [3.8, 4) is 0 Å². The number of likely N-dealkylation sites (tertiary alicyclic amines) is 1. The molecule has 1 fully saturated rings. The number of nitrogens with zero attached hydrogens (tertiary/aromatic N) is 2. The van der Waals surface area contributed by atoms with Crippen LogP contribution in [0.25, 0.3) is 0 Å². The van der Waals surface area contributed by atoms with Crippen LogP contribution in [0.3, 0.4) is 0 Å². The van der Waals surface area contributed by atoms with Gasteiger partial charge in [0.15, 0.2) is 9.84 Å². The van der Waals surface area contributed by atoms with Crippen molar-refractivity contribution in [3.63, 3.8) is 0 Å². The lowest BCUT2D eigenvalue weighted by Gasteiger charge is -2.42. The average molecular weight is 613 g/mol. The first-order valence-electron chi connectivity index (χ1n) is 12.6. The van der Waals surface area contributed by atoms with E-state index < -0.39 is 79.9 Å². The van der Waals surface area contributed by atoms with Crippen LogP contribution < -0.4 is 0 Å². The molecular formula is C27H31F7N2O4S. The van der Waals surface area contributed by atoms with Crippen molar-refractivity contribution in [1.29, 1.82) is 0 Å². The van der Waals surface area contributed by atoms with E-state index in [9.17, 15) is 49.1 Å². The van der Waals surface area contributed by atoms with Gasteiger partial charge in [0, 0.05) is 20.1 Å². The molecule has 0 aromatic heterocycles. The van der Waals surface area contributed by atoms with Crippen molar-refractivity contribution >= 4 is 15.9 Å². The summed E-state index contributed by atoms with van der Waals surface area (Å²) in [5.74, 6) is -1.10. The summed E-state index contributed by atoms with van der Waals surface area (Å²) in [4.78, 5) is 15.8. The van der Waals surface area contributed by atoms with Crippen LogP contribution in [0.5, 0.6) is 0 Å². The Morgan fingerprint density at radius 1 is 1.02 bits per heavy atom. The third kappa shape index (κ3) is 8.12. The van der Waals surface area contributed by atoms with Crippen LogP contribution in [-0.4, -0.2) is 59.6 Å². The van der Waals surface area contributed by atoms with Crippen molar-refractivity contribution in [1.82, 2.24) is 9.80 Å². The van der Waals surface area contributed by atoms with Crippen molar-refractivity contribution in [2.24, 2.45) is 0 Å². The fourth-order valence-corrected chi connectivity index (χ4v) is 7.24. The molecule has 2 aromatic rings. The summed E-state index contributed by atoms with van der Waals surface area (Å²) in [5, 5.41) is 9.14. The number of piperidine rings is 1. The minimum atomic E-state index is -5.06. The summed E-state index contributed by atoms with van der Waals surface area (Å²) in [7, 11) is -2.64. The van der Waals surface area contributed by atoms with Crippen LogP contribution in [0.15, 0.2) is 36.4 Å². The van der Waals surface area contributed by atoms with Crippen LogP contribution in [0.4, 0.5) is 35.5 Å². The third-order valence-electron chi connectivity index (χ3n) is 6.85. The van der Waals surface area contributed by atoms with Crippen LogP contribution >= 0.6 is 0 Å². The third-order valence-corrected chi connectivity index (χ3v) is 9.40. The zero-order valence-electron chi connectivity index (χ0n) is 22.8. The van der Waals surface area contributed by atoms with Crippen molar-refractivity contribution < 1.29 is 49.1 Å². The van der Waals surface area contributed by atoms with Gasteiger partial charge in [0.2, 0.25) is 0 Å². The van der Waals surface area contributed by atoms with Gasteiger partial charge in [-0.1, -0.05) is 6.07 Å². The highest BCUT2D eigenvalue weighted by Gasteiger charge is 2.42. The number of sulfone groups is 1. The van der Waals surface area contributed by atoms with Gasteiger partial charge in [-0.25, -0.2) is 17.6 Å². The summed E-state index contributed by atoms with van der Waals surface area (Å²) in [6.07, 6.45) is -10.2. The molecule has 228 valence electrons. The number of carbonyl (C=O) groups is 1. The van der Waals surface area contributed by atoms with Gasteiger partial charge >= 0.3 is 18.4 Å². The largest absolute Gasteiger partial charge is 0.416 e. The second-order valence-electron chi connectivity index (χ2n) is 11.0. The predicted octanol–water partition coefficient (Wildman–Crippen LogP) is 6.11. The monoisotopic (exact) mass is 612 g/mol. The van der Waals surface area contributed by atoms with E-state index >= 15 is 0 Å². The quantitative estimate of drug-likeness (QED) is 0.399. The zero-order valence-corrected chi connectivity index (χ0v) is 23.6. The van der Waals surface area contributed by atoms with Gasteiger partial charge in [-0.15, -0.1) is 0 Å². The van der Waals surface area contributed by atoms with Gasteiger partial charge in [0.1, 0.15) is 5.82 Å². The lowest BCUT2D eigenvalue weighted by atomic mass is 9.92. The summed E-state index contributed by atoms with van der Waals surface area (Å²) in [5.41, 5.74) is -4.09. The molecule has 1 N–H and O–H groups in total. The van der Waals surface area contributed by atoms with E-state index in [0.717, 1.165) is 11.0 Å². The Morgan fingerprint density at radius 3 is 2.07 bits per heavy atom. The number of aliphatic hydroxyl groups is 1. The lowest BCUT2D eigenvalue weighted by molar-refractivity contribution is -0.143. The van der Waals surface area contributed by atoms with Crippen LogP contribution in [0.2, 0.25) is 0 Å². The number of halogens is 7. The summed E-state index contributed by atoms with van der Waals surface area (Å²) < 4.78 is 120. The van der Waals surface area contributed by atoms with Gasteiger partial charge in [-0.3, -0.25) is 0 Å². The summed E-state index contributed by atoms with van der Waals surface area (Å²) >= 11 is 0. The molecule has 3 rings (SSSR count). The highest BCUT2D eigenvalue weighted by molar-refractivity contribution is 7.92. The molecule has 1 aliphatic heterocycles. The lowest BCUT2D eigenvalue weighted by Crippen LogP contribution is -2.50. The number of hydrogen-bond donors (Lipinski definition) is 1. The van der Waals surface area contributed by atoms with Gasteiger partial charge in [0.25, 0.3) is 0 Å². The first kappa shape index (κ1) is 32.6. The van der Waals surface area contributed by atoms with Gasteiger partial charge in [-0.05, 0) is 80.6 Å². The predicted molar refractivity (Wildman–Crippen MR) is 137 cm³/mol. The SMILES string of the molecule is Cc1cc(F)ccc1[C@H]1C[C@@H](S(=O)(=O)CC(C)(C)O)CCN1C(=O)N(C)Cc1cc(C(F)(F)F)cc(C(F)(F)F)c1. The minimum absolute atomic E-state index is 0.00244. The van der Waals surface area contributed by atoms with Gasteiger partial charge in [0.05, 0.1) is 33.8 Å². The fourth-order valence-electron chi connectivity index (χ4n) is 5.08. The molecule has 1 aliphatic rings. The van der Waals surface area contributed by atoms with Crippen molar-refractivity contribution in [2.45, 2.75) is 69.4 Å². The number of amides is 2. The molecule has 0 saturated carbocycles. The number of urea groups is 1. The molecular weight excluding hydrogens is 581 g/mol. The number of alkyl halides is 6. The van der Waals surface area contributed by atoms with Gasteiger partial charge in [-0.2, -0.15) is 26.3 Å². The topological polar surface area (TPSA) is 77.9 Å². The summed E-state index contributed by atoms with van der Waals surface area (Å²) in [6, 6.07) is 3.17. The van der Waals surface area contributed by atoms with Crippen LogP contribution in [0, 0.1) is 12.7 Å². The maximum Gasteiger partial charge on any atom is 0.416 e. The maximum absolute atomic E-state index is 13.9. The number of rotatable bonds is 6. The number of benzene rings is 2. The molecule has 0 spiro atoms. The molecule has 6 nitrogen and oxygen atoms in total. The molecule has 0 aliphatic carbocycles. The van der Waals surface area contributed by atoms with E-state index in [-0.39, 0.29) is 25.5 Å². The van der Waals surface area contributed by atoms with E-state index in [1.807, 2.05) is 0 Å². The fraction of sp³-hybridized carbons (Fsp3) is 0.519. The molecule has 0 radical (unpaired) electrons. The number of aryl methyl sites for hydroxylation is 1. The normalized spacial score (nSPS) is 18.9. The minimum Gasteiger partial charge on any atom is -0.389 e. The van der Waals surface area contributed by atoms with E-state index in [1.165, 1.54) is 37.9 Å². The molecule has 1 saturated heterocycles. The smallest absolute Gasteiger partial charge is 0.389 e. The Morgan fingerprint density at radius 2 is 1.59 bits per heavy atom. The van der Waals surface area contributed by atoms with Crippen LogP contribution in [0.1, 0.15) is 60.5 Å². The molecule has 0 unspecified atom stereocenters. The number of hydrogen-bond acceptors (Lipinski definition) is 4. The van der Waals surface area contributed by atoms with Crippen molar-refractivity contribution in [3.05, 3.63) is 70.0 Å². The molecule has 2 aromatic carbocycles. The first-order valence-corrected chi connectivity index (χ1v) is 14.3. The molecule has 2 atom stereocenters. The Labute approximate surface area is 233 Å². The van der Waals surface area contributed by atoms with Crippen molar-refractivity contribution in [2.75, 3.05) is 19.3 Å². The Hall–Kier alpha value is -2.87. The first-order chi connectivity index (χ1) is 18.6. The van der Waals surface area contributed by atoms with E-state index in [0.29, 0.717) is 23.3 Å². The zero-order chi connectivity index (χ0) is 31.1. The highest BCUT2D eigenvalue weighted by Crippen LogP contribution is 2.39. The maximum atomic E-state index is 13.9. The van der Waals surface area contributed by atoms with Gasteiger partial charge < -0.3 is 14.9 Å². The second kappa shape index (κ2) is 11.4. The molecule has 2 amide bonds.